The van der Waals surface area contributed by atoms with Crippen LogP contribution in [0.4, 0.5) is 10.6 Å². The minimum atomic E-state index is -1.11. The number of nitrogens with zero attached hydrogens (tertiary/aromatic N) is 4. The van der Waals surface area contributed by atoms with Crippen molar-refractivity contribution in [1.29, 1.82) is 0 Å². The van der Waals surface area contributed by atoms with Crippen molar-refractivity contribution in [2.45, 2.75) is 13.0 Å². The molecule has 0 fully saturated rings. The lowest BCUT2D eigenvalue weighted by atomic mass is 10.1. The van der Waals surface area contributed by atoms with Crippen LogP contribution in [0.1, 0.15) is 18.5 Å². The number of halogens is 2. The highest BCUT2D eigenvalue weighted by Gasteiger charge is 2.29. The SMILES string of the molecule is C[C@H](c1ccccc1Cl)N(C(=O)O)c1c(Br)nnn1C. The van der Waals surface area contributed by atoms with Gasteiger partial charge in [-0.2, -0.15) is 0 Å². The monoisotopic (exact) mass is 358 g/mol. The van der Waals surface area contributed by atoms with Gasteiger partial charge in [0.1, 0.15) is 0 Å². The largest absolute Gasteiger partial charge is 0.465 e. The Morgan fingerprint density at radius 3 is 2.65 bits per heavy atom. The van der Waals surface area contributed by atoms with E-state index in [1.165, 1.54) is 9.58 Å². The maximum absolute atomic E-state index is 11.6. The van der Waals surface area contributed by atoms with Gasteiger partial charge < -0.3 is 5.11 Å². The summed E-state index contributed by atoms with van der Waals surface area (Å²) in [5, 5.41) is 17.6. The molecule has 0 aliphatic rings. The van der Waals surface area contributed by atoms with E-state index in [0.29, 0.717) is 21.0 Å². The molecule has 0 spiro atoms. The molecule has 106 valence electrons. The van der Waals surface area contributed by atoms with Crippen LogP contribution < -0.4 is 4.90 Å². The molecule has 20 heavy (non-hydrogen) atoms. The van der Waals surface area contributed by atoms with E-state index in [-0.39, 0.29) is 0 Å². The molecular formula is C12H12BrClN4O2. The van der Waals surface area contributed by atoms with Gasteiger partial charge in [0.25, 0.3) is 0 Å². The Morgan fingerprint density at radius 1 is 1.50 bits per heavy atom. The fourth-order valence-electron chi connectivity index (χ4n) is 1.97. The highest BCUT2D eigenvalue weighted by Crippen LogP contribution is 2.33. The molecule has 1 amide bonds. The Bertz CT molecular complexity index is 627. The zero-order chi connectivity index (χ0) is 14.9. The fraction of sp³-hybridized carbons (Fsp3) is 0.250. The Balaban J connectivity index is 2.50. The van der Waals surface area contributed by atoms with Gasteiger partial charge in [-0.3, -0.25) is 4.90 Å². The fourth-order valence-corrected chi connectivity index (χ4v) is 2.79. The maximum atomic E-state index is 11.6. The van der Waals surface area contributed by atoms with Crippen molar-refractivity contribution in [1.82, 2.24) is 15.0 Å². The van der Waals surface area contributed by atoms with Crippen molar-refractivity contribution >= 4 is 39.4 Å². The lowest BCUT2D eigenvalue weighted by Gasteiger charge is -2.26. The molecule has 0 bridgehead atoms. The molecular weight excluding hydrogens is 348 g/mol. The number of rotatable bonds is 3. The molecule has 0 radical (unpaired) electrons. The Labute approximate surface area is 129 Å². The first-order valence-electron chi connectivity index (χ1n) is 5.75. The molecule has 1 aromatic carbocycles. The average molecular weight is 360 g/mol. The highest BCUT2D eigenvalue weighted by molar-refractivity contribution is 9.10. The van der Waals surface area contributed by atoms with Gasteiger partial charge in [-0.1, -0.05) is 35.0 Å². The second-order valence-electron chi connectivity index (χ2n) is 4.18. The minimum Gasteiger partial charge on any atom is -0.465 e. The van der Waals surface area contributed by atoms with Crippen molar-refractivity contribution in [3.05, 3.63) is 39.5 Å². The molecule has 1 atom stereocenters. The van der Waals surface area contributed by atoms with Gasteiger partial charge in [-0.15, -0.1) is 5.10 Å². The van der Waals surface area contributed by atoms with Crippen LogP contribution in [0.5, 0.6) is 0 Å². The molecule has 0 saturated carbocycles. The Morgan fingerprint density at radius 2 is 2.15 bits per heavy atom. The number of anilines is 1. The number of hydrogen-bond donors (Lipinski definition) is 1. The predicted molar refractivity (Wildman–Crippen MR) is 79.1 cm³/mol. The van der Waals surface area contributed by atoms with E-state index in [1.54, 1.807) is 32.2 Å². The first-order valence-corrected chi connectivity index (χ1v) is 6.92. The zero-order valence-electron chi connectivity index (χ0n) is 10.8. The van der Waals surface area contributed by atoms with Crippen LogP contribution in [0.25, 0.3) is 0 Å². The molecule has 1 aromatic heterocycles. The number of aryl methyl sites for hydroxylation is 1. The number of benzene rings is 1. The standard InChI is InChI=1S/C12H12BrClN4O2/c1-7(8-5-3-4-6-9(8)14)18(12(19)20)11-10(13)15-16-17(11)2/h3-7H,1-2H3,(H,19,20)/t7-/m1/s1. The van der Waals surface area contributed by atoms with Crippen LogP contribution in [0.3, 0.4) is 0 Å². The number of amides is 1. The topological polar surface area (TPSA) is 71.2 Å². The van der Waals surface area contributed by atoms with Crippen LogP contribution in [0, 0.1) is 0 Å². The molecule has 1 heterocycles. The van der Waals surface area contributed by atoms with Crippen molar-refractivity contribution in [3.8, 4) is 0 Å². The Hall–Kier alpha value is -1.60. The average Bonchev–Trinajstić information content (AvgIpc) is 2.71. The third-order valence-electron chi connectivity index (χ3n) is 2.93. The summed E-state index contributed by atoms with van der Waals surface area (Å²) in [4.78, 5) is 12.8. The van der Waals surface area contributed by atoms with Gasteiger partial charge in [0.2, 0.25) is 0 Å². The van der Waals surface area contributed by atoms with Crippen LogP contribution in [-0.4, -0.2) is 26.2 Å². The normalized spacial score (nSPS) is 12.2. The van der Waals surface area contributed by atoms with Gasteiger partial charge in [-0.25, -0.2) is 9.48 Å². The van der Waals surface area contributed by atoms with Crippen molar-refractivity contribution in [2.24, 2.45) is 7.05 Å². The lowest BCUT2D eigenvalue weighted by Crippen LogP contribution is -2.34. The summed E-state index contributed by atoms with van der Waals surface area (Å²) in [5.74, 6) is 0.352. The predicted octanol–water partition coefficient (Wildman–Crippen LogP) is 3.48. The summed E-state index contributed by atoms with van der Waals surface area (Å²) in [6.45, 7) is 1.76. The summed E-state index contributed by atoms with van der Waals surface area (Å²) in [7, 11) is 1.63. The highest BCUT2D eigenvalue weighted by atomic mass is 79.9. The van der Waals surface area contributed by atoms with Crippen LogP contribution in [-0.2, 0) is 7.05 Å². The molecule has 0 unspecified atom stereocenters. The van der Waals surface area contributed by atoms with Crippen molar-refractivity contribution in [3.63, 3.8) is 0 Å². The second-order valence-corrected chi connectivity index (χ2v) is 5.34. The summed E-state index contributed by atoms with van der Waals surface area (Å²) < 4.78 is 1.76. The van der Waals surface area contributed by atoms with E-state index in [0.717, 1.165) is 0 Å². The molecule has 8 heteroatoms. The van der Waals surface area contributed by atoms with E-state index in [1.807, 2.05) is 6.07 Å². The number of carboxylic acid groups (broad SMARTS) is 1. The van der Waals surface area contributed by atoms with E-state index in [4.69, 9.17) is 11.6 Å². The maximum Gasteiger partial charge on any atom is 0.413 e. The van der Waals surface area contributed by atoms with Gasteiger partial charge >= 0.3 is 6.09 Å². The van der Waals surface area contributed by atoms with Crippen molar-refractivity contribution in [2.75, 3.05) is 4.90 Å². The quantitative estimate of drug-likeness (QED) is 0.911. The number of aromatic nitrogens is 3. The van der Waals surface area contributed by atoms with E-state index in [2.05, 4.69) is 26.2 Å². The van der Waals surface area contributed by atoms with E-state index >= 15 is 0 Å². The molecule has 0 aliphatic carbocycles. The Kier molecular flexibility index (Phi) is 4.29. The minimum absolute atomic E-state index is 0.352. The summed E-state index contributed by atoms with van der Waals surface area (Å²) >= 11 is 9.35. The van der Waals surface area contributed by atoms with Gasteiger partial charge in [-0.05, 0) is 34.5 Å². The van der Waals surface area contributed by atoms with Gasteiger partial charge in [0.15, 0.2) is 10.4 Å². The third-order valence-corrected chi connectivity index (χ3v) is 3.79. The van der Waals surface area contributed by atoms with E-state index in [9.17, 15) is 9.90 Å². The molecule has 6 nitrogen and oxygen atoms in total. The van der Waals surface area contributed by atoms with Crippen LogP contribution in [0.2, 0.25) is 5.02 Å². The zero-order valence-corrected chi connectivity index (χ0v) is 13.1. The van der Waals surface area contributed by atoms with Gasteiger partial charge in [0.05, 0.1) is 6.04 Å². The molecule has 0 saturated heterocycles. The summed E-state index contributed by atoms with van der Waals surface area (Å²) in [5.41, 5.74) is 0.713. The molecule has 0 aliphatic heterocycles. The molecule has 2 aromatic rings. The van der Waals surface area contributed by atoms with Crippen LogP contribution in [0.15, 0.2) is 28.9 Å². The smallest absolute Gasteiger partial charge is 0.413 e. The van der Waals surface area contributed by atoms with Gasteiger partial charge in [0, 0.05) is 12.1 Å². The molecule has 1 N–H and O–H groups in total. The second kappa shape index (κ2) is 5.80. The van der Waals surface area contributed by atoms with Crippen molar-refractivity contribution < 1.29 is 9.90 Å². The van der Waals surface area contributed by atoms with E-state index < -0.39 is 12.1 Å². The third kappa shape index (κ3) is 2.64. The summed E-state index contributed by atoms with van der Waals surface area (Å²) in [6.07, 6.45) is -1.11. The number of carbonyl (C=O) groups is 1. The molecule has 2 rings (SSSR count). The first kappa shape index (κ1) is 14.8. The first-order chi connectivity index (χ1) is 9.43. The van der Waals surface area contributed by atoms with Crippen LogP contribution >= 0.6 is 27.5 Å². The summed E-state index contributed by atoms with van der Waals surface area (Å²) in [6, 6.07) is 6.65. The lowest BCUT2D eigenvalue weighted by molar-refractivity contribution is 0.199. The number of hydrogen-bond acceptors (Lipinski definition) is 3.